The highest BCUT2D eigenvalue weighted by Gasteiger charge is 2.49. The van der Waals surface area contributed by atoms with Crippen molar-refractivity contribution in [1.29, 1.82) is 0 Å². The van der Waals surface area contributed by atoms with E-state index in [-0.39, 0.29) is 34.6 Å². The molecule has 0 N–H and O–H groups in total. The molecule has 3 rings (SSSR count). The Morgan fingerprint density at radius 2 is 1.88 bits per heavy atom. The van der Waals surface area contributed by atoms with Gasteiger partial charge in [0.2, 0.25) is 5.91 Å². The van der Waals surface area contributed by atoms with Gasteiger partial charge in [-0.05, 0) is 43.0 Å². The molecule has 2 aliphatic rings. The van der Waals surface area contributed by atoms with Crippen molar-refractivity contribution in [2.24, 2.45) is 10.9 Å². The average molecular weight is 381 g/mol. The monoisotopic (exact) mass is 380 g/mol. The second-order valence-corrected chi connectivity index (χ2v) is 10.8. The van der Waals surface area contributed by atoms with Crippen LogP contribution in [-0.2, 0) is 14.6 Å². The fraction of sp³-hybridized carbons (Fsp3) is 0.556. The average Bonchev–Trinajstić information content (AvgIpc) is 2.87. The van der Waals surface area contributed by atoms with E-state index in [1.54, 1.807) is 0 Å². The number of carbonyl (C=O) groups is 1. The van der Waals surface area contributed by atoms with Crippen molar-refractivity contribution in [2.75, 3.05) is 16.4 Å². The Labute approximate surface area is 153 Å². The molecule has 0 radical (unpaired) electrons. The minimum absolute atomic E-state index is 0.0589. The normalized spacial score (nSPS) is 26.4. The summed E-state index contributed by atoms with van der Waals surface area (Å²) >= 11 is 1.43. The number of nitrogens with zero attached hydrogens (tertiary/aromatic N) is 2. The quantitative estimate of drug-likeness (QED) is 0.806. The van der Waals surface area contributed by atoms with Gasteiger partial charge in [-0.3, -0.25) is 4.79 Å². The number of sulfone groups is 1. The number of anilines is 1. The van der Waals surface area contributed by atoms with Crippen molar-refractivity contribution < 1.29 is 13.2 Å². The van der Waals surface area contributed by atoms with Gasteiger partial charge in [-0.25, -0.2) is 8.42 Å². The third kappa shape index (κ3) is 4.08. The molecular weight excluding hydrogens is 356 g/mol. The molecule has 2 aliphatic heterocycles. The Kier molecular flexibility index (Phi) is 4.99. The first kappa shape index (κ1) is 18.5. The molecule has 2 saturated heterocycles. The van der Waals surface area contributed by atoms with Gasteiger partial charge in [-0.1, -0.05) is 31.7 Å². The lowest BCUT2D eigenvalue weighted by Gasteiger charge is -2.25. The number of fused-ring (bicyclic) bond motifs is 1. The molecule has 0 spiro atoms. The lowest BCUT2D eigenvalue weighted by Crippen LogP contribution is -2.37. The van der Waals surface area contributed by atoms with Crippen LogP contribution >= 0.6 is 11.8 Å². The third-order valence-electron chi connectivity index (χ3n) is 4.35. The topological polar surface area (TPSA) is 66.8 Å². The first-order chi connectivity index (χ1) is 11.6. The molecule has 1 aromatic rings. The van der Waals surface area contributed by atoms with Gasteiger partial charge >= 0.3 is 0 Å². The Morgan fingerprint density at radius 3 is 2.48 bits per heavy atom. The number of thioether (sulfide) groups is 1. The van der Waals surface area contributed by atoms with Gasteiger partial charge in [0.25, 0.3) is 0 Å². The van der Waals surface area contributed by atoms with E-state index in [9.17, 15) is 13.2 Å². The minimum atomic E-state index is -3.04. The van der Waals surface area contributed by atoms with Crippen molar-refractivity contribution in [2.45, 2.75) is 45.4 Å². The summed E-state index contributed by atoms with van der Waals surface area (Å²) in [4.78, 5) is 18.5. The molecule has 5 nitrogen and oxygen atoms in total. The highest BCUT2D eigenvalue weighted by Crippen LogP contribution is 2.41. The number of aliphatic imine (C=N–C) groups is 1. The fourth-order valence-electron chi connectivity index (χ4n) is 3.46. The standard InChI is InChI=1S/C18H24N2O3S2/c1-11(2)5-17(21)19-18-20(14-7-12(3)6-13(4)8-14)15-9-25(22,23)10-16(15)24-18/h6-8,11,15-16H,5,9-10H2,1-4H3/t15-,16-/m0/s1. The summed E-state index contributed by atoms with van der Waals surface area (Å²) in [5, 5.41) is 0.581. The van der Waals surface area contributed by atoms with Crippen LogP contribution in [0.2, 0.25) is 0 Å². The van der Waals surface area contributed by atoms with E-state index in [1.807, 2.05) is 44.7 Å². The summed E-state index contributed by atoms with van der Waals surface area (Å²) in [5.41, 5.74) is 3.14. The first-order valence-corrected chi connectivity index (χ1v) is 11.2. The van der Waals surface area contributed by atoms with Crippen LogP contribution in [0.4, 0.5) is 5.69 Å². The predicted octanol–water partition coefficient (Wildman–Crippen LogP) is 2.95. The Morgan fingerprint density at radius 1 is 1.24 bits per heavy atom. The minimum Gasteiger partial charge on any atom is -0.316 e. The second kappa shape index (κ2) is 6.76. The van der Waals surface area contributed by atoms with Crippen LogP contribution in [0.25, 0.3) is 0 Å². The van der Waals surface area contributed by atoms with E-state index < -0.39 is 9.84 Å². The van der Waals surface area contributed by atoms with Gasteiger partial charge in [-0.2, -0.15) is 4.99 Å². The molecule has 0 saturated carbocycles. The molecule has 1 aromatic carbocycles. The number of hydrogen-bond acceptors (Lipinski definition) is 4. The molecule has 0 aliphatic carbocycles. The summed E-state index contributed by atoms with van der Waals surface area (Å²) in [6.07, 6.45) is 0.401. The van der Waals surface area contributed by atoms with Crippen molar-refractivity contribution in [3.8, 4) is 0 Å². The van der Waals surface area contributed by atoms with E-state index in [2.05, 4.69) is 11.1 Å². The number of amidine groups is 1. The first-order valence-electron chi connectivity index (χ1n) is 8.51. The second-order valence-electron chi connectivity index (χ2n) is 7.40. The predicted molar refractivity (Wildman–Crippen MR) is 104 cm³/mol. The lowest BCUT2D eigenvalue weighted by atomic mass is 10.1. The van der Waals surface area contributed by atoms with E-state index in [1.165, 1.54) is 11.8 Å². The van der Waals surface area contributed by atoms with E-state index in [4.69, 9.17) is 0 Å². The molecule has 0 bridgehead atoms. The Balaban J connectivity index is 2.00. The van der Waals surface area contributed by atoms with Crippen LogP contribution in [0.15, 0.2) is 23.2 Å². The van der Waals surface area contributed by atoms with Crippen LogP contribution in [0.5, 0.6) is 0 Å². The van der Waals surface area contributed by atoms with Crippen LogP contribution < -0.4 is 4.90 Å². The van der Waals surface area contributed by atoms with Gasteiger partial charge in [-0.15, -0.1) is 0 Å². The summed E-state index contributed by atoms with van der Waals surface area (Å²) in [5.74, 6) is 0.378. The molecule has 2 fully saturated rings. The molecule has 2 atom stereocenters. The van der Waals surface area contributed by atoms with Crippen LogP contribution in [-0.4, -0.2) is 42.3 Å². The SMILES string of the molecule is Cc1cc(C)cc(N2C(=NC(=O)CC(C)C)S[C@H]3CS(=O)(=O)C[C@@H]32)c1. The molecule has 0 aromatic heterocycles. The maximum absolute atomic E-state index is 12.2. The van der Waals surface area contributed by atoms with Gasteiger partial charge < -0.3 is 4.90 Å². The van der Waals surface area contributed by atoms with Gasteiger partial charge in [0, 0.05) is 17.4 Å². The van der Waals surface area contributed by atoms with E-state index in [0.29, 0.717) is 11.6 Å². The molecule has 25 heavy (non-hydrogen) atoms. The zero-order valence-electron chi connectivity index (χ0n) is 15.0. The number of hydrogen-bond donors (Lipinski definition) is 0. The number of aryl methyl sites for hydroxylation is 2. The summed E-state index contributed by atoms with van der Waals surface area (Å²) in [6.45, 7) is 8.01. The Hall–Kier alpha value is -1.34. The van der Waals surface area contributed by atoms with E-state index in [0.717, 1.165) is 16.8 Å². The lowest BCUT2D eigenvalue weighted by molar-refractivity contribution is -0.118. The third-order valence-corrected chi connectivity index (χ3v) is 7.56. The molecule has 1 amide bonds. The van der Waals surface area contributed by atoms with Gasteiger partial charge in [0.05, 0.1) is 17.5 Å². The molecule has 2 heterocycles. The van der Waals surface area contributed by atoms with Gasteiger partial charge in [0.1, 0.15) is 0 Å². The summed E-state index contributed by atoms with van der Waals surface area (Å²) in [7, 11) is -3.04. The zero-order chi connectivity index (χ0) is 18.4. The zero-order valence-corrected chi connectivity index (χ0v) is 16.7. The molecule has 7 heteroatoms. The number of benzene rings is 1. The number of amides is 1. The van der Waals surface area contributed by atoms with Crippen molar-refractivity contribution in [3.63, 3.8) is 0 Å². The smallest absolute Gasteiger partial charge is 0.248 e. The molecule has 0 unspecified atom stereocenters. The largest absolute Gasteiger partial charge is 0.316 e. The van der Waals surface area contributed by atoms with Crippen LogP contribution in [0.3, 0.4) is 0 Å². The van der Waals surface area contributed by atoms with Crippen LogP contribution in [0.1, 0.15) is 31.4 Å². The maximum atomic E-state index is 12.2. The van der Waals surface area contributed by atoms with Gasteiger partial charge in [0.15, 0.2) is 15.0 Å². The highest BCUT2D eigenvalue weighted by molar-refractivity contribution is 8.16. The van der Waals surface area contributed by atoms with Crippen molar-refractivity contribution >= 4 is 38.4 Å². The fourth-order valence-corrected chi connectivity index (χ4v) is 7.39. The number of rotatable bonds is 3. The maximum Gasteiger partial charge on any atom is 0.248 e. The number of carbonyl (C=O) groups excluding carboxylic acids is 1. The summed E-state index contributed by atoms with van der Waals surface area (Å²) in [6, 6.07) is 5.99. The molecule has 136 valence electrons. The van der Waals surface area contributed by atoms with Crippen molar-refractivity contribution in [3.05, 3.63) is 29.3 Å². The summed E-state index contributed by atoms with van der Waals surface area (Å²) < 4.78 is 24.2. The van der Waals surface area contributed by atoms with Crippen molar-refractivity contribution in [1.82, 2.24) is 0 Å². The Bertz CT molecular complexity index is 810. The van der Waals surface area contributed by atoms with Crippen LogP contribution in [0, 0.1) is 19.8 Å². The highest BCUT2D eigenvalue weighted by atomic mass is 32.2. The van der Waals surface area contributed by atoms with E-state index >= 15 is 0 Å². The molecular formula is C18H24N2O3S2.